The van der Waals surface area contributed by atoms with Gasteiger partial charge in [0, 0.05) is 24.7 Å². The Hall–Kier alpha value is -1.34. The van der Waals surface area contributed by atoms with Crippen LogP contribution in [0.5, 0.6) is 0 Å². The molecule has 2 aromatic rings. The highest BCUT2D eigenvalue weighted by atomic mass is 79.9. The number of thiophene rings is 1. The van der Waals surface area contributed by atoms with Crippen LogP contribution in [0.2, 0.25) is 0 Å². The number of carbonyl (C=O) groups excluding carboxylic acids is 1. The Morgan fingerprint density at radius 2 is 2.32 bits per heavy atom. The van der Waals surface area contributed by atoms with E-state index >= 15 is 0 Å². The van der Waals surface area contributed by atoms with Crippen LogP contribution in [0, 0.1) is 0 Å². The molecule has 2 rings (SSSR count). The van der Waals surface area contributed by atoms with Crippen molar-refractivity contribution < 1.29 is 4.79 Å². The van der Waals surface area contributed by atoms with Gasteiger partial charge < -0.3 is 10.6 Å². The van der Waals surface area contributed by atoms with Crippen LogP contribution in [0.4, 0.5) is 5.69 Å². The first-order valence-electron chi connectivity index (χ1n) is 5.84. The molecule has 102 valence electrons. The van der Waals surface area contributed by atoms with E-state index in [1.807, 2.05) is 19.1 Å². The Morgan fingerprint density at radius 3 is 2.79 bits per heavy atom. The van der Waals surface area contributed by atoms with Crippen molar-refractivity contribution in [3.8, 4) is 0 Å². The predicted octanol–water partition coefficient (Wildman–Crippen LogP) is 2.49. The number of hydrogen-bond donors (Lipinski definition) is 1. The van der Waals surface area contributed by atoms with Gasteiger partial charge >= 0.3 is 0 Å². The molecule has 0 fully saturated rings. The first kappa shape index (κ1) is 14.1. The minimum Gasteiger partial charge on any atom is -0.396 e. The van der Waals surface area contributed by atoms with Gasteiger partial charge in [-0.25, -0.2) is 0 Å². The molecule has 7 heteroatoms. The van der Waals surface area contributed by atoms with E-state index in [2.05, 4.69) is 21.0 Å². The monoisotopic (exact) mass is 342 g/mol. The molecule has 0 saturated heterocycles. The highest BCUT2D eigenvalue weighted by Crippen LogP contribution is 2.24. The third kappa shape index (κ3) is 3.16. The van der Waals surface area contributed by atoms with Gasteiger partial charge in [0.25, 0.3) is 5.91 Å². The van der Waals surface area contributed by atoms with Crippen molar-refractivity contribution in [1.29, 1.82) is 0 Å². The van der Waals surface area contributed by atoms with Gasteiger partial charge in [0.05, 0.1) is 16.0 Å². The Labute approximate surface area is 124 Å². The Balaban J connectivity index is 2.17. The molecule has 0 bridgehead atoms. The smallest absolute Gasteiger partial charge is 0.276 e. The summed E-state index contributed by atoms with van der Waals surface area (Å²) in [6.45, 7) is 3.13. The molecule has 0 aliphatic heterocycles. The van der Waals surface area contributed by atoms with E-state index in [-0.39, 0.29) is 5.91 Å². The van der Waals surface area contributed by atoms with E-state index < -0.39 is 0 Å². The normalized spacial score (nSPS) is 10.7. The maximum absolute atomic E-state index is 12.4. The van der Waals surface area contributed by atoms with Crippen LogP contribution in [0.1, 0.15) is 22.3 Å². The maximum Gasteiger partial charge on any atom is 0.276 e. The number of aryl methyl sites for hydroxylation is 1. The lowest BCUT2D eigenvalue weighted by Crippen LogP contribution is -2.30. The van der Waals surface area contributed by atoms with E-state index in [0.29, 0.717) is 24.5 Å². The molecule has 0 unspecified atom stereocenters. The molecule has 5 nitrogen and oxygen atoms in total. The summed E-state index contributed by atoms with van der Waals surface area (Å²) in [6, 6.07) is 3.99. The molecular weight excluding hydrogens is 328 g/mol. The number of amides is 1. The SMILES string of the molecule is CCN(Cc1ccc(Br)s1)C(=O)c1nn(C)cc1N. The molecule has 0 aromatic carbocycles. The van der Waals surface area contributed by atoms with Crippen molar-refractivity contribution in [2.45, 2.75) is 13.5 Å². The van der Waals surface area contributed by atoms with Crippen molar-refractivity contribution in [2.75, 3.05) is 12.3 Å². The van der Waals surface area contributed by atoms with Crippen LogP contribution in [-0.4, -0.2) is 27.1 Å². The molecule has 0 radical (unpaired) electrons. The standard InChI is InChI=1S/C12H15BrN4OS/c1-3-17(6-8-4-5-10(13)19-8)12(18)11-9(14)7-16(2)15-11/h4-5,7H,3,6,14H2,1-2H3. The molecule has 0 aliphatic carbocycles. The number of nitrogens with zero attached hydrogens (tertiary/aromatic N) is 3. The fourth-order valence-electron chi connectivity index (χ4n) is 1.77. The third-order valence-electron chi connectivity index (χ3n) is 2.70. The van der Waals surface area contributed by atoms with Crippen LogP contribution in [0.25, 0.3) is 0 Å². The quantitative estimate of drug-likeness (QED) is 0.928. The van der Waals surface area contributed by atoms with Crippen LogP contribution in [0.3, 0.4) is 0 Å². The second kappa shape index (κ2) is 5.75. The minimum atomic E-state index is -0.134. The average Bonchev–Trinajstić information content (AvgIpc) is 2.91. The van der Waals surface area contributed by atoms with Gasteiger partial charge in [0.15, 0.2) is 5.69 Å². The Bertz CT molecular complexity index is 592. The zero-order chi connectivity index (χ0) is 14.0. The van der Waals surface area contributed by atoms with Crippen molar-refractivity contribution in [1.82, 2.24) is 14.7 Å². The van der Waals surface area contributed by atoms with E-state index in [1.165, 1.54) is 0 Å². The second-order valence-corrected chi connectivity index (χ2v) is 6.68. The lowest BCUT2D eigenvalue weighted by molar-refractivity contribution is 0.0748. The Kier molecular flexibility index (Phi) is 4.26. The van der Waals surface area contributed by atoms with Gasteiger partial charge in [-0.05, 0) is 35.0 Å². The number of carbonyl (C=O) groups is 1. The summed E-state index contributed by atoms with van der Waals surface area (Å²) in [7, 11) is 1.75. The number of hydrogen-bond acceptors (Lipinski definition) is 4. The average molecular weight is 343 g/mol. The van der Waals surface area contributed by atoms with Crippen molar-refractivity contribution in [2.24, 2.45) is 7.05 Å². The first-order chi connectivity index (χ1) is 9.01. The zero-order valence-electron chi connectivity index (χ0n) is 10.8. The van der Waals surface area contributed by atoms with E-state index in [0.717, 1.165) is 8.66 Å². The Morgan fingerprint density at radius 1 is 1.58 bits per heavy atom. The third-order valence-corrected chi connectivity index (χ3v) is 4.31. The lowest BCUT2D eigenvalue weighted by Gasteiger charge is -2.19. The number of nitrogen functional groups attached to an aromatic ring is 1. The van der Waals surface area contributed by atoms with Gasteiger partial charge in [-0.1, -0.05) is 0 Å². The fraction of sp³-hybridized carbons (Fsp3) is 0.333. The number of nitrogens with two attached hydrogens (primary N) is 1. The van der Waals surface area contributed by atoms with Gasteiger partial charge in [-0.15, -0.1) is 11.3 Å². The topological polar surface area (TPSA) is 64.2 Å². The van der Waals surface area contributed by atoms with Gasteiger partial charge in [0.2, 0.25) is 0 Å². The second-order valence-electron chi connectivity index (χ2n) is 4.13. The fourth-order valence-corrected chi connectivity index (χ4v) is 3.27. The van der Waals surface area contributed by atoms with Crippen LogP contribution in [0.15, 0.2) is 22.1 Å². The van der Waals surface area contributed by atoms with Crippen molar-refractivity contribution in [3.63, 3.8) is 0 Å². The first-order valence-corrected chi connectivity index (χ1v) is 7.44. The van der Waals surface area contributed by atoms with Crippen LogP contribution >= 0.6 is 27.3 Å². The molecular formula is C12H15BrN4OS. The van der Waals surface area contributed by atoms with Gasteiger partial charge in [-0.3, -0.25) is 9.48 Å². The molecule has 0 saturated carbocycles. The summed E-state index contributed by atoms with van der Waals surface area (Å²) in [6.07, 6.45) is 1.64. The minimum absolute atomic E-state index is 0.134. The number of halogens is 1. The summed E-state index contributed by atoms with van der Waals surface area (Å²) >= 11 is 5.04. The highest BCUT2D eigenvalue weighted by Gasteiger charge is 2.20. The summed E-state index contributed by atoms with van der Waals surface area (Å²) in [5.74, 6) is -0.134. The van der Waals surface area contributed by atoms with Gasteiger partial charge in [0.1, 0.15) is 0 Å². The largest absolute Gasteiger partial charge is 0.396 e. The number of aromatic nitrogens is 2. The molecule has 1 amide bonds. The van der Waals surface area contributed by atoms with E-state index in [9.17, 15) is 4.79 Å². The van der Waals surface area contributed by atoms with Crippen molar-refractivity contribution >= 4 is 38.9 Å². The predicted molar refractivity (Wildman–Crippen MR) is 80.1 cm³/mol. The molecule has 0 atom stereocenters. The lowest BCUT2D eigenvalue weighted by atomic mass is 10.3. The molecule has 2 aromatic heterocycles. The molecule has 2 N–H and O–H groups in total. The van der Waals surface area contributed by atoms with Crippen LogP contribution in [-0.2, 0) is 13.6 Å². The summed E-state index contributed by atoms with van der Waals surface area (Å²) in [5.41, 5.74) is 6.53. The zero-order valence-corrected chi connectivity index (χ0v) is 13.2. The van der Waals surface area contributed by atoms with Crippen LogP contribution < -0.4 is 5.73 Å². The molecule has 0 spiro atoms. The molecule has 2 heterocycles. The summed E-state index contributed by atoms with van der Waals surface area (Å²) < 4.78 is 2.61. The number of anilines is 1. The summed E-state index contributed by atoms with van der Waals surface area (Å²) in [5, 5.41) is 4.12. The maximum atomic E-state index is 12.4. The molecule has 19 heavy (non-hydrogen) atoms. The van der Waals surface area contributed by atoms with Gasteiger partial charge in [-0.2, -0.15) is 5.10 Å². The molecule has 0 aliphatic rings. The number of rotatable bonds is 4. The van der Waals surface area contributed by atoms with E-state index in [4.69, 9.17) is 5.73 Å². The summed E-state index contributed by atoms with van der Waals surface area (Å²) in [4.78, 5) is 15.2. The van der Waals surface area contributed by atoms with Crippen molar-refractivity contribution in [3.05, 3.63) is 32.7 Å². The highest BCUT2D eigenvalue weighted by molar-refractivity contribution is 9.11. The van der Waals surface area contributed by atoms with E-state index in [1.54, 1.807) is 34.2 Å².